The smallest absolute Gasteiger partial charge is 0.301 e. The molecule has 0 heterocycles. The van der Waals surface area contributed by atoms with E-state index in [9.17, 15) is 18.5 Å². The van der Waals surface area contributed by atoms with Crippen LogP contribution in [0.4, 0.5) is 17.1 Å². The van der Waals surface area contributed by atoms with Crippen LogP contribution in [-0.4, -0.2) is 30.7 Å². The summed E-state index contributed by atoms with van der Waals surface area (Å²) in [4.78, 5) is 10.1. The first-order valence-corrected chi connectivity index (χ1v) is 7.07. The van der Waals surface area contributed by atoms with Crippen molar-refractivity contribution >= 4 is 27.3 Å². The standard InChI is InChI=1S/C10H16N4O4S/c1-3-13(4-2)19(17,18)12-8-5-6-9(11)10(7-8)14(15)16/h5-7,12H,3-4,11H2,1-2H3. The first kappa shape index (κ1) is 15.2. The van der Waals surface area contributed by atoms with Crippen LogP contribution in [-0.2, 0) is 10.2 Å². The quantitative estimate of drug-likeness (QED) is 0.463. The van der Waals surface area contributed by atoms with Gasteiger partial charge in [0, 0.05) is 19.2 Å². The number of nitrogens with two attached hydrogens (primary N) is 1. The van der Waals surface area contributed by atoms with Crippen LogP contribution in [0.1, 0.15) is 13.8 Å². The molecule has 0 unspecified atom stereocenters. The zero-order chi connectivity index (χ0) is 14.6. The SMILES string of the molecule is CCN(CC)S(=O)(=O)Nc1ccc(N)c([N+](=O)[O-])c1. The van der Waals surface area contributed by atoms with Crippen LogP contribution >= 0.6 is 0 Å². The van der Waals surface area contributed by atoms with Gasteiger partial charge in [-0.2, -0.15) is 12.7 Å². The second-order valence-corrected chi connectivity index (χ2v) is 5.39. The minimum Gasteiger partial charge on any atom is -0.393 e. The number of hydrogen-bond donors (Lipinski definition) is 2. The Morgan fingerprint density at radius 3 is 2.42 bits per heavy atom. The summed E-state index contributed by atoms with van der Waals surface area (Å²) in [6, 6.07) is 3.76. The molecule has 0 fully saturated rings. The van der Waals surface area contributed by atoms with Crippen molar-refractivity contribution in [3.63, 3.8) is 0 Å². The van der Waals surface area contributed by atoms with Gasteiger partial charge in [0.2, 0.25) is 0 Å². The van der Waals surface area contributed by atoms with E-state index in [1.54, 1.807) is 13.8 Å². The molecule has 0 spiro atoms. The fourth-order valence-corrected chi connectivity index (χ4v) is 2.78. The molecule has 1 aromatic carbocycles. The van der Waals surface area contributed by atoms with Crippen molar-refractivity contribution in [1.82, 2.24) is 4.31 Å². The number of nitro groups is 1. The molecule has 0 saturated heterocycles. The first-order chi connectivity index (χ1) is 8.81. The Hall–Kier alpha value is -1.87. The summed E-state index contributed by atoms with van der Waals surface area (Å²) in [7, 11) is -3.71. The summed E-state index contributed by atoms with van der Waals surface area (Å²) in [5, 5.41) is 10.7. The third-order valence-corrected chi connectivity index (χ3v) is 4.21. The number of benzene rings is 1. The van der Waals surface area contributed by atoms with Crippen LogP contribution in [0.25, 0.3) is 0 Å². The van der Waals surface area contributed by atoms with Crippen LogP contribution < -0.4 is 10.5 Å². The highest BCUT2D eigenvalue weighted by atomic mass is 32.2. The zero-order valence-corrected chi connectivity index (χ0v) is 11.5. The largest absolute Gasteiger partial charge is 0.393 e. The van der Waals surface area contributed by atoms with Crippen LogP contribution in [0.3, 0.4) is 0 Å². The Kier molecular flexibility index (Phi) is 4.67. The van der Waals surface area contributed by atoms with Crippen LogP contribution in [0.15, 0.2) is 18.2 Å². The van der Waals surface area contributed by atoms with Crippen molar-refractivity contribution in [3.05, 3.63) is 28.3 Å². The van der Waals surface area contributed by atoms with E-state index in [4.69, 9.17) is 5.73 Å². The minimum atomic E-state index is -3.71. The molecule has 0 aliphatic heterocycles. The summed E-state index contributed by atoms with van der Waals surface area (Å²) in [5.74, 6) is 0. The van der Waals surface area contributed by atoms with E-state index < -0.39 is 15.1 Å². The maximum absolute atomic E-state index is 11.9. The Morgan fingerprint density at radius 2 is 1.95 bits per heavy atom. The normalized spacial score (nSPS) is 11.5. The van der Waals surface area contributed by atoms with Gasteiger partial charge in [0.25, 0.3) is 5.69 Å². The van der Waals surface area contributed by atoms with Gasteiger partial charge in [-0.3, -0.25) is 14.8 Å². The Balaban J connectivity index is 3.07. The van der Waals surface area contributed by atoms with Crippen molar-refractivity contribution in [3.8, 4) is 0 Å². The molecule has 0 aliphatic carbocycles. The molecular weight excluding hydrogens is 272 g/mol. The number of nitrogens with zero attached hydrogens (tertiary/aromatic N) is 2. The molecule has 1 aromatic rings. The van der Waals surface area contributed by atoms with E-state index in [2.05, 4.69) is 4.72 Å². The van der Waals surface area contributed by atoms with Gasteiger partial charge in [-0.05, 0) is 12.1 Å². The van der Waals surface area contributed by atoms with Crippen molar-refractivity contribution in [2.75, 3.05) is 23.5 Å². The minimum absolute atomic E-state index is 0.0178. The van der Waals surface area contributed by atoms with E-state index >= 15 is 0 Å². The Labute approximate surface area is 111 Å². The van der Waals surface area contributed by atoms with Crippen molar-refractivity contribution < 1.29 is 13.3 Å². The Bertz CT molecular complexity index is 569. The topological polar surface area (TPSA) is 119 Å². The molecule has 1 rings (SSSR count). The molecule has 9 heteroatoms. The molecule has 106 valence electrons. The summed E-state index contributed by atoms with van der Waals surface area (Å²) in [6.45, 7) is 4.02. The van der Waals surface area contributed by atoms with Gasteiger partial charge < -0.3 is 5.73 Å². The monoisotopic (exact) mass is 288 g/mol. The maximum Gasteiger partial charge on any atom is 0.301 e. The van der Waals surface area contributed by atoms with E-state index in [0.717, 1.165) is 6.07 Å². The van der Waals surface area contributed by atoms with Gasteiger partial charge in [-0.1, -0.05) is 13.8 Å². The van der Waals surface area contributed by atoms with Crippen LogP contribution in [0.5, 0.6) is 0 Å². The van der Waals surface area contributed by atoms with Gasteiger partial charge >= 0.3 is 10.2 Å². The van der Waals surface area contributed by atoms with Crippen molar-refractivity contribution in [2.24, 2.45) is 0 Å². The lowest BCUT2D eigenvalue weighted by atomic mass is 10.2. The third-order valence-electron chi connectivity index (χ3n) is 2.52. The molecule has 0 aromatic heterocycles. The lowest BCUT2D eigenvalue weighted by Gasteiger charge is -2.19. The lowest BCUT2D eigenvalue weighted by Crippen LogP contribution is -2.35. The number of hydrogen-bond acceptors (Lipinski definition) is 5. The number of nitro benzene ring substituents is 1. The predicted octanol–water partition coefficient (Wildman–Crippen LogP) is 1.18. The van der Waals surface area contributed by atoms with Gasteiger partial charge in [0.15, 0.2) is 0 Å². The second kappa shape index (κ2) is 5.85. The van der Waals surface area contributed by atoms with E-state index in [-0.39, 0.29) is 17.1 Å². The highest BCUT2D eigenvalue weighted by Gasteiger charge is 2.20. The van der Waals surface area contributed by atoms with Gasteiger partial charge in [0.05, 0.1) is 10.6 Å². The summed E-state index contributed by atoms with van der Waals surface area (Å²) in [6.07, 6.45) is 0. The fraction of sp³-hybridized carbons (Fsp3) is 0.400. The molecule has 3 N–H and O–H groups in total. The molecule has 0 atom stereocenters. The summed E-state index contributed by atoms with van der Waals surface area (Å²) < 4.78 is 27.4. The van der Waals surface area contributed by atoms with Crippen LogP contribution in [0, 0.1) is 10.1 Å². The average Bonchev–Trinajstić information content (AvgIpc) is 2.32. The zero-order valence-electron chi connectivity index (χ0n) is 10.7. The second-order valence-electron chi connectivity index (χ2n) is 3.72. The number of nitrogen functional groups attached to an aromatic ring is 1. The lowest BCUT2D eigenvalue weighted by molar-refractivity contribution is -0.383. The van der Waals surface area contributed by atoms with Gasteiger partial charge in [-0.15, -0.1) is 0 Å². The van der Waals surface area contributed by atoms with Gasteiger partial charge in [-0.25, -0.2) is 0 Å². The van der Waals surface area contributed by atoms with E-state index in [0.29, 0.717) is 13.1 Å². The maximum atomic E-state index is 11.9. The highest BCUT2D eigenvalue weighted by molar-refractivity contribution is 7.90. The van der Waals surface area contributed by atoms with Crippen molar-refractivity contribution in [2.45, 2.75) is 13.8 Å². The predicted molar refractivity (Wildman–Crippen MR) is 73.0 cm³/mol. The summed E-state index contributed by atoms with van der Waals surface area (Å²) >= 11 is 0. The average molecular weight is 288 g/mol. The van der Waals surface area contributed by atoms with E-state index in [1.807, 2.05) is 0 Å². The molecule has 0 amide bonds. The third kappa shape index (κ3) is 3.55. The molecule has 0 saturated carbocycles. The molecule has 19 heavy (non-hydrogen) atoms. The highest BCUT2D eigenvalue weighted by Crippen LogP contribution is 2.25. The molecule has 0 radical (unpaired) electrons. The number of nitrogens with one attached hydrogen (secondary N) is 1. The molecule has 8 nitrogen and oxygen atoms in total. The molecule has 0 aliphatic rings. The van der Waals surface area contributed by atoms with Gasteiger partial charge in [0.1, 0.15) is 5.69 Å². The summed E-state index contributed by atoms with van der Waals surface area (Å²) in [5.41, 5.74) is 5.19. The first-order valence-electron chi connectivity index (χ1n) is 5.63. The van der Waals surface area contributed by atoms with E-state index in [1.165, 1.54) is 16.4 Å². The van der Waals surface area contributed by atoms with Crippen molar-refractivity contribution in [1.29, 1.82) is 0 Å². The fourth-order valence-electron chi connectivity index (χ4n) is 1.54. The molecule has 0 bridgehead atoms. The molecular formula is C10H16N4O4S. The number of rotatable bonds is 6. The van der Waals surface area contributed by atoms with Crippen LogP contribution in [0.2, 0.25) is 0 Å². The Morgan fingerprint density at radius 1 is 1.37 bits per heavy atom. The number of anilines is 2.